The van der Waals surface area contributed by atoms with Gasteiger partial charge in [0.1, 0.15) is 0 Å². The number of furan rings is 1. The summed E-state index contributed by atoms with van der Waals surface area (Å²) in [6.45, 7) is 1.34. The van der Waals surface area contributed by atoms with Gasteiger partial charge in [0, 0.05) is 30.3 Å². The van der Waals surface area contributed by atoms with Crippen LogP contribution in [0.4, 0.5) is 5.88 Å². The topological polar surface area (TPSA) is 97.0 Å². The molecule has 0 atom stereocenters. The average molecular weight is 369 g/mol. The van der Waals surface area contributed by atoms with Crippen LogP contribution in [0.5, 0.6) is 11.5 Å². The SMILES string of the molecule is CC(=O)Oc1c(N2CCCS2(=O)=O)oc(C2=CC=CCC2=S)c1O. The summed E-state index contributed by atoms with van der Waals surface area (Å²) >= 11 is 5.26. The average Bonchev–Trinajstić information content (AvgIpc) is 3.00. The standard InChI is InChI=1S/C15H15NO6S2/c1-9(17)21-14-12(18)13(10-5-2-3-6-11(10)23)22-15(14)16-7-4-8-24(16,19)20/h2-3,5,18H,4,6-8H2,1H3. The van der Waals surface area contributed by atoms with Gasteiger partial charge in [-0.05, 0) is 6.42 Å². The lowest BCUT2D eigenvalue weighted by molar-refractivity contribution is -0.132. The van der Waals surface area contributed by atoms with Crippen LogP contribution in [0.2, 0.25) is 0 Å². The van der Waals surface area contributed by atoms with E-state index >= 15 is 0 Å². The van der Waals surface area contributed by atoms with Gasteiger partial charge >= 0.3 is 5.97 Å². The fourth-order valence-corrected chi connectivity index (χ4v) is 4.34. The first kappa shape index (κ1) is 16.7. The Balaban J connectivity index is 2.16. The van der Waals surface area contributed by atoms with Gasteiger partial charge in [0.25, 0.3) is 5.88 Å². The molecule has 0 amide bonds. The maximum atomic E-state index is 12.2. The third kappa shape index (κ3) is 2.84. The Morgan fingerprint density at radius 1 is 1.46 bits per heavy atom. The third-order valence-electron chi connectivity index (χ3n) is 3.64. The second-order valence-corrected chi connectivity index (χ2v) is 7.89. The second-order valence-electron chi connectivity index (χ2n) is 5.39. The number of hydrogen-bond acceptors (Lipinski definition) is 7. The first-order valence-electron chi connectivity index (χ1n) is 7.26. The van der Waals surface area contributed by atoms with E-state index in [1.54, 1.807) is 12.2 Å². The fourth-order valence-electron chi connectivity index (χ4n) is 2.59. The number of esters is 1. The van der Waals surface area contributed by atoms with Crippen molar-refractivity contribution < 1.29 is 27.5 Å². The smallest absolute Gasteiger partial charge is 0.308 e. The molecule has 1 aliphatic carbocycles. The van der Waals surface area contributed by atoms with Crippen LogP contribution in [0.1, 0.15) is 25.5 Å². The normalized spacial score (nSPS) is 19.5. The summed E-state index contributed by atoms with van der Waals surface area (Å²) in [5, 5.41) is 10.4. The van der Waals surface area contributed by atoms with Gasteiger partial charge in [-0.3, -0.25) is 4.79 Å². The molecule has 0 unspecified atom stereocenters. The minimum atomic E-state index is -3.58. The lowest BCUT2D eigenvalue weighted by atomic mass is 10.0. The van der Waals surface area contributed by atoms with Gasteiger partial charge in [-0.25, -0.2) is 12.7 Å². The summed E-state index contributed by atoms with van der Waals surface area (Å²) in [5.74, 6) is -1.68. The zero-order chi connectivity index (χ0) is 17.5. The van der Waals surface area contributed by atoms with Crippen LogP contribution in [0.3, 0.4) is 0 Å². The lowest BCUT2D eigenvalue weighted by Crippen LogP contribution is -2.25. The summed E-state index contributed by atoms with van der Waals surface area (Å²) in [7, 11) is -3.58. The minimum absolute atomic E-state index is 0.00213. The molecule has 1 aromatic heterocycles. The molecule has 9 heteroatoms. The van der Waals surface area contributed by atoms with Gasteiger partial charge in [0.05, 0.1) is 5.75 Å². The molecular formula is C15H15NO6S2. The van der Waals surface area contributed by atoms with E-state index in [1.807, 2.05) is 6.08 Å². The molecule has 1 aliphatic heterocycles. The quantitative estimate of drug-likeness (QED) is 0.644. The van der Waals surface area contributed by atoms with E-state index in [4.69, 9.17) is 21.4 Å². The van der Waals surface area contributed by atoms with E-state index in [1.165, 1.54) is 0 Å². The largest absolute Gasteiger partial charge is 0.502 e. The first-order valence-corrected chi connectivity index (χ1v) is 9.28. The number of sulfonamides is 1. The number of carbonyl (C=O) groups is 1. The Kier molecular flexibility index (Phi) is 4.22. The fraction of sp³-hybridized carbons (Fsp3) is 0.333. The van der Waals surface area contributed by atoms with Gasteiger partial charge in [0.15, 0.2) is 5.76 Å². The van der Waals surface area contributed by atoms with Crippen LogP contribution in [-0.2, 0) is 14.8 Å². The summed E-state index contributed by atoms with van der Waals surface area (Å²) < 4.78 is 35.9. The molecule has 7 nitrogen and oxygen atoms in total. The van der Waals surface area contributed by atoms with Gasteiger partial charge in [-0.2, -0.15) is 0 Å². The number of hydrogen-bond donors (Lipinski definition) is 1. The molecule has 0 aromatic carbocycles. The Morgan fingerprint density at radius 2 is 2.21 bits per heavy atom. The van der Waals surface area contributed by atoms with E-state index in [0.717, 1.165) is 11.2 Å². The van der Waals surface area contributed by atoms with Crippen molar-refractivity contribution in [3.05, 3.63) is 24.0 Å². The molecule has 1 N–H and O–H groups in total. The highest BCUT2D eigenvalue weighted by atomic mass is 32.2. The zero-order valence-electron chi connectivity index (χ0n) is 12.8. The molecule has 0 saturated carbocycles. The van der Waals surface area contributed by atoms with Crippen molar-refractivity contribution in [3.8, 4) is 11.5 Å². The van der Waals surface area contributed by atoms with Crippen molar-refractivity contribution in [2.45, 2.75) is 19.8 Å². The number of aromatic hydroxyl groups is 1. The van der Waals surface area contributed by atoms with Crippen LogP contribution in [0.15, 0.2) is 22.6 Å². The van der Waals surface area contributed by atoms with Crippen molar-refractivity contribution in [1.82, 2.24) is 0 Å². The number of thiocarbonyl (C=S) groups is 1. The highest BCUT2D eigenvalue weighted by Crippen LogP contribution is 2.48. The predicted octanol–water partition coefficient (Wildman–Crippen LogP) is 2.16. The van der Waals surface area contributed by atoms with Crippen LogP contribution in [-0.4, -0.2) is 36.7 Å². The van der Waals surface area contributed by atoms with Crippen molar-refractivity contribution in [2.75, 3.05) is 16.6 Å². The Morgan fingerprint density at radius 3 is 2.79 bits per heavy atom. The number of nitrogens with zero attached hydrogens (tertiary/aromatic N) is 1. The van der Waals surface area contributed by atoms with Crippen LogP contribution < -0.4 is 9.04 Å². The van der Waals surface area contributed by atoms with Crippen LogP contribution in [0, 0.1) is 0 Å². The van der Waals surface area contributed by atoms with Crippen molar-refractivity contribution in [1.29, 1.82) is 0 Å². The van der Waals surface area contributed by atoms with Crippen LogP contribution in [0.25, 0.3) is 5.57 Å². The summed E-state index contributed by atoms with van der Waals surface area (Å²) in [6.07, 6.45) is 6.18. The molecule has 3 rings (SSSR count). The van der Waals surface area contributed by atoms with Gasteiger partial charge in [-0.15, -0.1) is 0 Å². The summed E-state index contributed by atoms with van der Waals surface area (Å²) in [6, 6.07) is 0. The highest BCUT2D eigenvalue weighted by molar-refractivity contribution is 7.93. The maximum Gasteiger partial charge on any atom is 0.308 e. The molecule has 1 saturated heterocycles. The molecule has 2 heterocycles. The van der Waals surface area contributed by atoms with Gasteiger partial charge in [-0.1, -0.05) is 30.4 Å². The highest BCUT2D eigenvalue weighted by Gasteiger charge is 2.37. The number of ether oxygens (including phenoxy) is 1. The minimum Gasteiger partial charge on any atom is -0.502 e. The monoisotopic (exact) mass is 369 g/mol. The molecular weight excluding hydrogens is 354 g/mol. The lowest BCUT2D eigenvalue weighted by Gasteiger charge is -2.14. The maximum absolute atomic E-state index is 12.2. The summed E-state index contributed by atoms with van der Waals surface area (Å²) in [5.41, 5.74) is 0.459. The number of rotatable bonds is 3. The van der Waals surface area contributed by atoms with Crippen molar-refractivity contribution in [3.63, 3.8) is 0 Å². The second kappa shape index (κ2) is 6.06. The Hall–Kier alpha value is -2.13. The molecule has 0 bridgehead atoms. The van der Waals surface area contributed by atoms with E-state index in [2.05, 4.69) is 0 Å². The number of carbonyl (C=O) groups excluding carboxylic acids is 1. The van der Waals surface area contributed by atoms with Gasteiger partial charge in [0.2, 0.25) is 21.5 Å². The first-order chi connectivity index (χ1) is 11.3. The van der Waals surface area contributed by atoms with Crippen molar-refractivity contribution >= 4 is 44.5 Å². The molecule has 0 spiro atoms. The van der Waals surface area contributed by atoms with E-state index in [0.29, 0.717) is 23.3 Å². The molecule has 1 aromatic rings. The summed E-state index contributed by atoms with van der Waals surface area (Å²) in [4.78, 5) is 11.9. The van der Waals surface area contributed by atoms with E-state index < -0.39 is 21.7 Å². The number of anilines is 1. The van der Waals surface area contributed by atoms with Gasteiger partial charge < -0.3 is 14.3 Å². The number of allylic oxidation sites excluding steroid dienone is 4. The Bertz CT molecular complexity index is 878. The van der Waals surface area contributed by atoms with E-state index in [9.17, 15) is 18.3 Å². The zero-order valence-corrected chi connectivity index (χ0v) is 14.4. The predicted molar refractivity (Wildman–Crippen MR) is 91.8 cm³/mol. The molecule has 2 aliphatic rings. The molecule has 24 heavy (non-hydrogen) atoms. The third-order valence-corrected chi connectivity index (χ3v) is 5.85. The Labute approximate surface area is 144 Å². The van der Waals surface area contributed by atoms with Crippen LogP contribution >= 0.6 is 12.2 Å². The van der Waals surface area contributed by atoms with Crippen molar-refractivity contribution in [2.24, 2.45) is 0 Å². The molecule has 128 valence electrons. The molecule has 0 radical (unpaired) electrons. The molecule has 1 fully saturated rings. The van der Waals surface area contributed by atoms with E-state index in [-0.39, 0.29) is 29.7 Å².